The first-order chi connectivity index (χ1) is 9.88. The Morgan fingerprint density at radius 1 is 1.48 bits per heavy atom. The third kappa shape index (κ3) is 3.81. The minimum Gasteiger partial charge on any atom is -0.480 e. The first-order valence-corrected chi connectivity index (χ1v) is 7.64. The molecule has 1 amide bonds. The second-order valence-corrected chi connectivity index (χ2v) is 6.35. The molecule has 1 aromatic rings. The van der Waals surface area contributed by atoms with Crippen LogP contribution in [-0.4, -0.2) is 34.5 Å². The van der Waals surface area contributed by atoms with E-state index in [0.29, 0.717) is 28.9 Å². The fourth-order valence-corrected chi connectivity index (χ4v) is 3.03. The van der Waals surface area contributed by atoms with Crippen LogP contribution >= 0.6 is 15.9 Å². The number of hydrogen-bond donors (Lipinski definition) is 1. The molecule has 1 aromatic carbocycles. The molecular formula is C15H17BrFNO3. The van der Waals surface area contributed by atoms with Crippen LogP contribution in [0.4, 0.5) is 4.39 Å². The zero-order valence-electron chi connectivity index (χ0n) is 11.7. The molecule has 0 radical (unpaired) electrons. The lowest BCUT2D eigenvalue weighted by Gasteiger charge is -2.36. The van der Waals surface area contributed by atoms with Crippen molar-refractivity contribution in [2.75, 3.05) is 6.54 Å². The summed E-state index contributed by atoms with van der Waals surface area (Å²) in [5.41, 5.74) is 0.663. The van der Waals surface area contributed by atoms with Crippen LogP contribution in [0, 0.1) is 11.7 Å². The van der Waals surface area contributed by atoms with Crippen LogP contribution in [0.5, 0.6) is 0 Å². The van der Waals surface area contributed by atoms with Gasteiger partial charge in [0.2, 0.25) is 5.91 Å². The van der Waals surface area contributed by atoms with Crippen molar-refractivity contribution in [3.63, 3.8) is 0 Å². The lowest BCUT2D eigenvalue weighted by atomic mass is 9.92. The molecule has 21 heavy (non-hydrogen) atoms. The summed E-state index contributed by atoms with van der Waals surface area (Å²) in [6.07, 6.45) is 1.37. The molecule has 0 bridgehead atoms. The predicted octanol–water partition coefficient (Wildman–Crippen LogP) is 2.84. The average molecular weight is 358 g/mol. The van der Waals surface area contributed by atoms with Crippen molar-refractivity contribution >= 4 is 27.8 Å². The standard InChI is InChI=1S/C15H17BrFNO3/c1-9-4-5-18(13(6-9)15(20)21)14(19)8-10-2-3-12(17)11(16)7-10/h2-3,7,9,13H,4-6,8H2,1H3,(H,20,21). The molecule has 1 heterocycles. The molecule has 2 unspecified atom stereocenters. The van der Waals surface area contributed by atoms with Gasteiger partial charge in [-0.05, 0) is 52.4 Å². The highest BCUT2D eigenvalue weighted by Gasteiger charge is 2.34. The van der Waals surface area contributed by atoms with Gasteiger partial charge in [0.15, 0.2) is 0 Å². The van der Waals surface area contributed by atoms with E-state index in [2.05, 4.69) is 15.9 Å². The molecule has 2 atom stereocenters. The summed E-state index contributed by atoms with van der Waals surface area (Å²) in [4.78, 5) is 25.1. The fraction of sp³-hybridized carbons (Fsp3) is 0.467. The fourth-order valence-electron chi connectivity index (χ4n) is 2.60. The van der Waals surface area contributed by atoms with Crippen molar-refractivity contribution in [3.05, 3.63) is 34.1 Å². The number of amides is 1. The highest BCUT2D eigenvalue weighted by atomic mass is 79.9. The number of piperidine rings is 1. The molecule has 0 aromatic heterocycles. The van der Waals surface area contributed by atoms with Gasteiger partial charge < -0.3 is 10.0 Å². The Labute approximate surface area is 131 Å². The SMILES string of the molecule is CC1CCN(C(=O)Cc2ccc(F)c(Br)c2)C(C(=O)O)C1. The van der Waals surface area contributed by atoms with Gasteiger partial charge in [0.25, 0.3) is 0 Å². The third-order valence-corrected chi connectivity index (χ3v) is 4.42. The van der Waals surface area contributed by atoms with Gasteiger partial charge in [-0.2, -0.15) is 0 Å². The van der Waals surface area contributed by atoms with Crippen LogP contribution in [0.2, 0.25) is 0 Å². The highest BCUT2D eigenvalue weighted by molar-refractivity contribution is 9.10. The van der Waals surface area contributed by atoms with Crippen LogP contribution in [0.25, 0.3) is 0 Å². The van der Waals surface area contributed by atoms with E-state index in [1.165, 1.54) is 11.0 Å². The van der Waals surface area contributed by atoms with Gasteiger partial charge in [-0.15, -0.1) is 0 Å². The number of hydrogen-bond acceptors (Lipinski definition) is 2. The summed E-state index contributed by atoms with van der Waals surface area (Å²) in [5.74, 6) is -1.28. The zero-order valence-corrected chi connectivity index (χ0v) is 13.3. The number of halogens is 2. The first kappa shape index (κ1) is 15.9. The molecule has 1 N–H and O–H groups in total. The molecule has 114 valence electrons. The van der Waals surface area contributed by atoms with Crippen molar-refractivity contribution in [2.45, 2.75) is 32.2 Å². The molecule has 1 fully saturated rings. The second-order valence-electron chi connectivity index (χ2n) is 5.50. The van der Waals surface area contributed by atoms with Gasteiger partial charge >= 0.3 is 5.97 Å². The molecule has 1 aliphatic heterocycles. The maximum absolute atomic E-state index is 13.2. The number of carboxylic acid groups (broad SMARTS) is 1. The molecule has 1 aliphatic rings. The van der Waals surface area contributed by atoms with E-state index >= 15 is 0 Å². The molecule has 1 saturated heterocycles. The Balaban J connectivity index is 2.10. The van der Waals surface area contributed by atoms with Crippen molar-refractivity contribution in [3.8, 4) is 0 Å². The van der Waals surface area contributed by atoms with Crippen molar-refractivity contribution in [2.24, 2.45) is 5.92 Å². The van der Waals surface area contributed by atoms with Gasteiger partial charge in [0.05, 0.1) is 10.9 Å². The summed E-state index contributed by atoms with van der Waals surface area (Å²) in [7, 11) is 0. The molecule has 4 nitrogen and oxygen atoms in total. The lowest BCUT2D eigenvalue weighted by Crippen LogP contribution is -2.50. The maximum Gasteiger partial charge on any atom is 0.326 e. The Morgan fingerprint density at radius 3 is 2.81 bits per heavy atom. The van der Waals surface area contributed by atoms with Crippen molar-refractivity contribution in [1.29, 1.82) is 0 Å². The van der Waals surface area contributed by atoms with Gasteiger partial charge in [0.1, 0.15) is 11.9 Å². The van der Waals surface area contributed by atoms with E-state index < -0.39 is 12.0 Å². The van der Waals surface area contributed by atoms with Gasteiger partial charge in [0, 0.05) is 6.54 Å². The van der Waals surface area contributed by atoms with Crippen LogP contribution in [0.3, 0.4) is 0 Å². The summed E-state index contributed by atoms with van der Waals surface area (Å²) in [6.45, 7) is 2.45. The van der Waals surface area contributed by atoms with E-state index in [1.54, 1.807) is 12.1 Å². The second kappa shape index (κ2) is 6.56. The van der Waals surface area contributed by atoms with Gasteiger partial charge in [-0.3, -0.25) is 4.79 Å². The van der Waals surface area contributed by atoms with E-state index in [9.17, 15) is 19.1 Å². The molecule has 0 spiro atoms. The smallest absolute Gasteiger partial charge is 0.326 e. The first-order valence-electron chi connectivity index (χ1n) is 6.84. The zero-order chi connectivity index (χ0) is 15.6. The van der Waals surface area contributed by atoms with Gasteiger partial charge in [-0.1, -0.05) is 13.0 Å². The highest BCUT2D eigenvalue weighted by Crippen LogP contribution is 2.24. The summed E-state index contributed by atoms with van der Waals surface area (Å²) >= 11 is 3.08. The van der Waals surface area contributed by atoms with E-state index in [-0.39, 0.29) is 18.1 Å². The Kier molecular flexibility index (Phi) is 4.98. The summed E-state index contributed by atoms with van der Waals surface area (Å²) in [6, 6.07) is 3.63. The normalized spacial score (nSPS) is 22.1. The van der Waals surface area contributed by atoms with E-state index in [1.807, 2.05) is 6.92 Å². The number of carbonyl (C=O) groups is 2. The topological polar surface area (TPSA) is 57.6 Å². The minimum absolute atomic E-state index is 0.0804. The van der Waals surface area contributed by atoms with Crippen LogP contribution in [-0.2, 0) is 16.0 Å². The Hall–Kier alpha value is -1.43. The summed E-state index contributed by atoms with van der Waals surface area (Å²) < 4.78 is 13.5. The molecule has 0 saturated carbocycles. The number of benzene rings is 1. The number of nitrogens with zero attached hydrogens (tertiary/aromatic N) is 1. The predicted molar refractivity (Wildman–Crippen MR) is 79.3 cm³/mol. The average Bonchev–Trinajstić information content (AvgIpc) is 2.42. The van der Waals surface area contributed by atoms with Gasteiger partial charge in [-0.25, -0.2) is 9.18 Å². The largest absolute Gasteiger partial charge is 0.480 e. The lowest BCUT2D eigenvalue weighted by molar-refractivity contribution is -0.152. The summed E-state index contributed by atoms with van der Waals surface area (Å²) in [5, 5.41) is 9.27. The number of aliphatic carboxylic acids is 1. The number of rotatable bonds is 3. The third-order valence-electron chi connectivity index (χ3n) is 3.81. The maximum atomic E-state index is 13.2. The number of carboxylic acids is 1. The Bertz CT molecular complexity index is 564. The number of likely N-dealkylation sites (tertiary alicyclic amines) is 1. The van der Waals surface area contributed by atoms with E-state index in [0.717, 1.165) is 6.42 Å². The monoisotopic (exact) mass is 357 g/mol. The quantitative estimate of drug-likeness (QED) is 0.904. The molecule has 0 aliphatic carbocycles. The number of carbonyl (C=O) groups excluding carboxylic acids is 1. The Morgan fingerprint density at radius 2 is 2.19 bits per heavy atom. The van der Waals surface area contributed by atoms with Crippen LogP contribution in [0.15, 0.2) is 22.7 Å². The minimum atomic E-state index is -0.963. The molecule has 6 heteroatoms. The molecule has 2 rings (SSSR count). The van der Waals surface area contributed by atoms with Crippen molar-refractivity contribution < 1.29 is 19.1 Å². The van der Waals surface area contributed by atoms with Crippen LogP contribution in [0.1, 0.15) is 25.3 Å². The van der Waals surface area contributed by atoms with Crippen LogP contribution < -0.4 is 0 Å². The molecular weight excluding hydrogens is 341 g/mol. The van der Waals surface area contributed by atoms with E-state index in [4.69, 9.17) is 0 Å². The van der Waals surface area contributed by atoms with Crippen molar-refractivity contribution in [1.82, 2.24) is 4.90 Å².